The molecular weight excluding hydrogens is 281 g/mol. The number of pyridine rings is 1. The van der Waals surface area contributed by atoms with E-state index in [1.807, 2.05) is 24.3 Å². The molecule has 2 aromatic carbocycles. The molecule has 1 aromatic heterocycles. The normalized spacial score (nSPS) is 10.6. The largest absolute Gasteiger partial charge is 0.462 e. The van der Waals surface area contributed by atoms with Crippen LogP contribution in [0.3, 0.4) is 0 Å². The Balaban J connectivity index is 2.22. The molecule has 0 saturated carbocycles. The Hall–Kier alpha value is -2.75. The highest BCUT2D eigenvalue weighted by Gasteiger charge is 2.14. The van der Waals surface area contributed by atoms with Gasteiger partial charge in [0.2, 0.25) is 5.95 Å². The van der Waals surface area contributed by atoms with Gasteiger partial charge in [-0.1, -0.05) is 36.4 Å². The van der Waals surface area contributed by atoms with Crippen LogP contribution in [0.15, 0.2) is 54.6 Å². The third kappa shape index (κ3) is 2.55. The zero-order chi connectivity index (χ0) is 15.5. The summed E-state index contributed by atoms with van der Waals surface area (Å²) in [6, 6.07) is 15.6. The summed E-state index contributed by atoms with van der Waals surface area (Å²) in [5, 5.41) is 1.61. The second-order valence-corrected chi connectivity index (χ2v) is 4.77. The lowest BCUT2D eigenvalue weighted by atomic mass is 9.97. The predicted octanol–water partition coefficient (Wildman–Crippen LogP) is 4.22. The van der Waals surface area contributed by atoms with Crippen LogP contribution in [0.2, 0.25) is 0 Å². The summed E-state index contributed by atoms with van der Waals surface area (Å²) in [5.74, 6) is -0.895. The molecular formula is C18H14FNO2. The van der Waals surface area contributed by atoms with Gasteiger partial charge in [-0.05, 0) is 35.9 Å². The minimum absolute atomic E-state index is 0.320. The van der Waals surface area contributed by atoms with Crippen molar-refractivity contribution in [3.63, 3.8) is 0 Å². The van der Waals surface area contributed by atoms with E-state index in [-0.39, 0.29) is 5.97 Å². The van der Waals surface area contributed by atoms with Crippen LogP contribution >= 0.6 is 0 Å². The average molecular weight is 295 g/mol. The molecule has 22 heavy (non-hydrogen) atoms. The highest BCUT2D eigenvalue weighted by Crippen LogP contribution is 2.30. The van der Waals surface area contributed by atoms with E-state index in [2.05, 4.69) is 4.98 Å². The van der Waals surface area contributed by atoms with Crippen molar-refractivity contribution in [1.29, 1.82) is 0 Å². The van der Waals surface area contributed by atoms with Crippen molar-refractivity contribution in [2.75, 3.05) is 6.61 Å². The number of aromatic nitrogens is 1. The molecule has 0 spiro atoms. The van der Waals surface area contributed by atoms with Crippen LogP contribution in [-0.2, 0) is 4.74 Å². The molecule has 1 heterocycles. The molecule has 0 amide bonds. The van der Waals surface area contributed by atoms with Crippen LogP contribution in [0.1, 0.15) is 17.3 Å². The van der Waals surface area contributed by atoms with E-state index in [0.29, 0.717) is 17.9 Å². The van der Waals surface area contributed by atoms with E-state index in [9.17, 15) is 9.18 Å². The van der Waals surface area contributed by atoms with Crippen molar-refractivity contribution in [3.05, 3.63) is 66.1 Å². The number of rotatable bonds is 3. The van der Waals surface area contributed by atoms with Crippen LogP contribution < -0.4 is 0 Å². The Morgan fingerprint density at radius 1 is 1.05 bits per heavy atom. The molecule has 0 fully saturated rings. The third-order valence-electron chi connectivity index (χ3n) is 3.41. The van der Waals surface area contributed by atoms with Gasteiger partial charge < -0.3 is 4.74 Å². The lowest BCUT2D eigenvalue weighted by Crippen LogP contribution is -2.05. The molecule has 0 radical (unpaired) electrons. The van der Waals surface area contributed by atoms with Crippen LogP contribution in [0.4, 0.5) is 4.39 Å². The second-order valence-electron chi connectivity index (χ2n) is 4.77. The number of benzene rings is 2. The van der Waals surface area contributed by atoms with E-state index < -0.39 is 5.95 Å². The number of fused-ring (bicyclic) bond motifs is 1. The predicted molar refractivity (Wildman–Crippen MR) is 83.1 cm³/mol. The first kappa shape index (κ1) is 14.2. The number of halogens is 1. The molecule has 0 aliphatic carbocycles. The minimum Gasteiger partial charge on any atom is -0.462 e. The lowest BCUT2D eigenvalue weighted by Gasteiger charge is -2.10. The Labute approximate surface area is 127 Å². The maximum atomic E-state index is 13.4. The van der Waals surface area contributed by atoms with Gasteiger partial charge in [-0.2, -0.15) is 4.39 Å². The molecule has 4 heteroatoms. The van der Waals surface area contributed by atoms with Crippen molar-refractivity contribution < 1.29 is 13.9 Å². The number of hydrogen-bond donors (Lipinski definition) is 0. The summed E-state index contributed by atoms with van der Waals surface area (Å²) < 4.78 is 18.5. The quantitative estimate of drug-likeness (QED) is 0.536. The Bertz CT molecular complexity index is 845. The zero-order valence-corrected chi connectivity index (χ0v) is 12.0. The van der Waals surface area contributed by atoms with Gasteiger partial charge in [0.25, 0.3) is 0 Å². The van der Waals surface area contributed by atoms with Gasteiger partial charge in [-0.15, -0.1) is 0 Å². The van der Waals surface area contributed by atoms with E-state index in [1.165, 1.54) is 6.07 Å². The monoisotopic (exact) mass is 295 g/mol. The van der Waals surface area contributed by atoms with Gasteiger partial charge in [0.15, 0.2) is 0 Å². The second kappa shape index (κ2) is 5.93. The first-order valence-electron chi connectivity index (χ1n) is 7.02. The summed E-state index contributed by atoms with van der Waals surface area (Å²) >= 11 is 0. The third-order valence-corrected chi connectivity index (χ3v) is 3.41. The maximum absolute atomic E-state index is 13.4. The van der Waals surface area contributed by atoms with Gasteiger partial charge >= 0.3 is 5.97 Å². The molecule has 0 bridgehead atoms. The van der Waals surface area contributed by atoms with Crippen molar-refractivity contribution in [2.45, 2.75) is 6.92 Å². The molecule has 3 rings (SSSR count). The van der Waals surface area contributed by atoms with Gasteiger partial charge in [0.05, 0.1) is 17.9 Å². The molecule has 110 valence electrons. The minimum atomic E-state index is -0.531. The van der Waals surface area contributed by atoms with Crippen molar-refractivity contribution >= 4 is 16.7 Å². The van der Waals surface area contributed by atoms with Gasteiger partial charge in [-0.25, -0.2) is 9.78 Å². The summed E-state index contributed by atoms with van der Waals surface area (Å²) in [4.78, 5) is 16.0. The summed E-state index contributed by atoms with van der Waals surface area (Å²) in [7, 11) is 0. The summed E-state index contributed by atoms with van der Waals surface area (Å²) in [6.07, 6.45) is 0. The molecule has 0 N–H and O–H groups in total. The number of carbonyl (C=O) groups excluding carboxylic acids is 1. The number of carbonyl (C=O) groups is 1. The number of ether oxygens (including phenoxy) is 1. The molecule has 0 atom stereocenters. The van der Waals surface area contributed by atoms with E-state index in [1.54, 1.807) is 31.2 Å². The first-order chi connectivity index (χ1) is 10.7. The molecule has 0 aliphatic rings. The molecule has 0 saturated heterocycles. The van der Waals surface area contributed by atoms with Crippen LogP contribution in [-0.4, -0.2) is 17.6 Å². The topological polar surface area (TPSA) is 39.2 Å². The van der Waals surface area contributed by atoms with Crippen molar-refractivity contribution in [3.8, 4) is 11.3 Å². The molecule has 3 nitrogen and oxygen atoms in total. The van der Waals surface area contributed by atoms with Crippen LogP contribution in [0.25, 0.3) is 22.0 Å². The van der Waals surface area contributed by atoms with Gasteiger partial charge in [0.1, 0.15) is 0 Å². The van der Waals surface area contributed by atoms with E-state index in [4.69, 9.17) is 4.74 Å². The number of hydrogen-bond acceptors (Lipinski definition) is 3. The fourth-order valence-corrected chi connectivity index (χ4v) is 2.47. The van der Waals surface area contributed by atoms with E-state index in [0.717, 1.165) is 16.3 Å². The van der Waals surface area contributed by atoms with Crippen molar-refractivity contribution in [1.82, 2.24) is 4.98 Å². The first-order valence-corrected chi connectivity index (χ1v) is 7.02. The Morgan fingerprint density at radius 2 is 1.82 bits per heavy atom. The van der Waals surface area contributed by atoms with E-state index >= 15 is 0 Å². The molecule has 0 unspecified atom stereocenters. The lowest BCUT2D eigenvalue weighted by molar-refractivity contribution is 0.0528. The Morgan fingerprint density at radius 3 is 2.55 bits per heavy atom. The number of nitrogens with zero attached hydrogens (tertiary/aromatic N) is 1. The SMILES string of the molecule is CCOC(=O)c1ccc(-c2cccc(F)n2)c2ccccc12. The maximum Gasteiger partial charge on any atom is 0.338 e. The fourth-order valence-electron chi connectivity index (χ4n) is 2.47. The standard InChI is InChI=1S/C18H14FNO2/c1-2-22-18(21)15-11-10-14(12-6-3-4-7-13(12)15)16-8-5-9-17(19)20-16/h3-11H,2H2,1H3. The highest BCUT2D eigenvalue weighted by atomic mass is 19.1. The van der Waals surface area contributed by atoms with Crippen LogP contribution in [0, 0.1) is 5.95 Å². The average Bonchev–Trinajstić information content (AvgIpc) is 2.54. The van der Waals surface area contributed by atoms with Gasteiger partial charge in [0, 0.05) is 5.56 Å². The van der Waals surface area contributed by atoms with Gasteiger partial charge in [-0.3, -0.25) is 0 Å². The molecule has 0 aliphatic heterocycles. The molecule has 3 aromatic rings. The fraction of sp³-hybridized carbons (Fsp3) is 0.111. The summed E-state index contributed by atoms with van der Waals surface area (Å²) in [5.41, 5.74) is 1.81. The Kier molecular flexibility index (Phi) is 3.83. The smallest absolute Gasteiger partial charge is 0.338 e. The van der Waals surface area contributed by atoms with Crippen molar-refractivity contribution in [2.24, 2.45) is 0 Å². The summed E-state index contributed by atoms with van der Waals surface area (Å²) in [6.45, 7) is 2.09. The number of esters is 1. The highest BCUT2D eigenvalue weighted by molar-refractivity contribution is 6.08. The van der Waals surface area contributed by atoms with Crippen LogP contribution in [0.5, 0.6) is 0 Å². The zero-order valence-electron chi connectivity index (χ0n) is 12.0.